The molecule has 37 heavy (non-hydrogen) atoms. The van der Waals surface area contributed by atoms with Crippen molar-refractivity contribution in [3.05, 3.63) is 80.9 Å². The van der Waals surface area contributed by atoms with Crippen LogP contribution >= 0.6 is 35.3 Å². The average Bonchev–Trinajstić information content (AvgIpc) is 3.44. The molecule has 1 atom stereocenters. The minimum atomic E-state index is -1.11. The molecule has 0 unspecified atom stereocenters. The standard InChI is InChI=1S/C25H18F2N2O5S3/c26-18-6-3-14(10-19(18)27)15-9-17(36-12-15)11-21-23(32)29(25(35)37-21)20(7-8-30)22(31)28-16-4-1-13(2-5-16)24(33)34/h1-6,9-12,20,30H,7-8H2,(H,28,31)(H,33,34)/b21-11-/t20-/m1/s1. The van der Waals surface area contributed by atoms with E-state index in [0.29, 0.717) is 21.7 Å². The molecule has 3 aromatic rings. The number of thiophene rings is 1. The number of amides is 2. The third kappa shape index (κ3) is 5.93. The molecule has 12 heteroatoms. The van der Waals surface area contributed by atoms with E-state index in [-0.39, 0.29) is 27.8 Å². The van der Waals surface area contributed by atoms with E-state index in [1.165, 1.54) is 41.7 Å². The number of halogens is 2. The molecule has 2 amide bonds. The molecule has 0 saturated carbocycles. The van der Waals surface area contributed by atoms with Crippen LogP contribution in [0.3, 0.4) is 0 Å². The van der Waals surface area contributed by atoms with Crippen molar-refractivity contribution in [2.45, 2.75) is 12.5 Å². The number of rotatable bonds is 8. The van der Waals surface area contributed by atoms with Gasteiger partial charge in [0.1, 0.15) is 10.4 Å². The van der Waals surface area contributed by atoms with Gasteiger partial charge in [0.2, 0.25) is 5.91 Å². The minimum absolute atomic E-state index is 0.0493. The van der Waals surface area contributed by atoms with E-state index in [4.69, 9.17) is 17.3 Å². The van der Waals surface area contributed by atoms with Crippen LogP contribution in [-0.4, -0.2) is 49.9 Å². The van der Waals surface area contributed by atoms with Gasteiger partial charge in [-0.25, -0.2) is 13.6 Å². The Morgan fingerprint density at radius 1 is 1.08 bits per heavy atom. The molecule has 0 bridgehead atoms. The molecular formula is C25H18F2N2O5S3. The van der Waals surface area contributed by atoms with Crippen molar-refractivity contribution in [1.29, 1.82) is 0 Å². The third-order valence-corrected chi connectivity index (χ3v) is 7.60. The minimum Gasteiger partial charge on any atom is -0.478 e. The number of carbonyl (C=O) groups is 3. The number of thioether (sulfide) groups is 1. The quantitative estimate of drug-likeness (QED) is 0.264. The number of carbonyl (C=O) groups excluding carboxylic acids is 2. The van der Waals surface area contributed by atoms with Crippen molar-refractivity contribution in [1.82, 2.24) is 4.90 Å². The Balaban J connectivity index is 1.52. The van der Waals surface area contributed by atoms with Gasteiger partial charge in [-0.2, -0.15) is 0 Å². The average molecular weight is 561 g/mol. The molecule has 1 aliphatic heterocycles. The van der Waals surface area contributed by atoms with Gasteiger partial charge < -0.3 is 15.5 Å². The molecule has 0 spiro atoms. The second kappa shape index (κ2) is 11.3. The summed E-state index contributed by atoms with van der Waals surface area (Å²) in [5.74, 6) is -4.11. The van der Waals surface area contributed by atoms with Gasteiger partial charge in [-0.15, -0.1) is 11.3 Å². The van der Waals surface area contributed by atoms with Crippen LogP contribution in [0.4, 0.5) is 14.5 Å². The van der Waals surface area contributed by atoms with Crippen LogP contribution in [-0.2, 0) is 9.59 Å². The highest BCUT2D eigenvalue weighted by molar-refractivity contribution is 8.26. The number of thiocarbonyl (C=S) groups is 1. The largest absolute Gasteiger partial charge is 0.478 e. The van der Waals surface area contributed by atoms with Gasteiger partial charge in [0, 0.05) is 23.6 Å². The van der Waals surface area contributed by atoms with Crippen molar-refractivity contribution < 1.29 is 33.4 Å². The number of hydrogen-bond donors (Lipinski definition) is 3. The monoisotopic (exact) mass is 560 g/mol. The molecule has 0 aliphatic carbocycles. The lowest BCUT2D eigenvalue weighted by Crippen LogP contribution is -2.46. The fourth-order valence-corrected chi connectivity index (χ4v) is 5.83. The van der Waals surface area contributed by atoms with Crippen molar-refractivity contribution in [3.63, 3.8) is 0 Å². The summed E-state index contributed by atoms with van der Waals surface area (Å²) in [6.07, 6.45) is 1.53. The summed E-state index contributed by atoms with van der Waals surface area (Å²) < 4.78 is 27.0. The zero-order valence-corrected chi connectivity index (χ0v) is 21.3. The van der Waals surface area contributed by atoms with Crippen molar-refractivity contribution >= 4 is 69.2 Å². The summed E-state index contributed by atoms with van der Waals surface area (Å²) >= 11 is 7.67. The molecular weight excluding hydrogens is 542 g/mol. The molecule has 4 rings (SSSR count). The molecule has 2 aromatic carbocycles. The second-order valence-electron chi connectivity index (χ2n) is 7.82. The van der Waals surface area contributed by atoms with Crippen molar-refractivity contribution in [2.24, 2.45) is 0 Å². The van der Waals surface area contributed by atoms with Gasteiger partial charge >= 0.3 is 5.97 Å². The predicted molar refractivity (Wildman–Crippen MR) is 142 cm³/mol. The van der Waals surface area contributed by atoms with E-state index >= 15 is 0 Å². The van der Waals surface area contributed by atoms with Crippen molar-refractivity contribution in [2.75, 3.05) is 11.9 Å². The Morgan fingerprint density at radius 2 is 1.81 bits per heavy atom. The maximum Gasteiger partial charge on any atom is 0.335 e. The first kappa shape index (κ1) is 26.6. The molecule has 3 N–H and O–H groups in total. The lowest BCUT2D eigenvalue weighted by atomic mass is 10.1. The fourth-order valence-electron chi connectivity index (χ4n) is 3.55. The number of carboxylic acids is 1. The molecule has 0 radical (unpaired) electrons. The van der Waals surface area contributed by atoms with Gasteiger partial charge in [0.05, 0.1) is 10.5 Å². The number of hydrogen-bond acceptors (Lipinski definition) is 7. The maximum atomic E-state index is 13.6. The lowest BCUT2D eigenvalue weighted by Gasteiger charge is -2.25. The Hall–Kier alpha value is -3.45. The number of aliphatic hydroxyl groups is 1. The first-order valence-corrected chi connectivity index (χ1v) is 12.8. The Kier molecular flexibility index (Phi) is 8.13. The molecule has 1 aliphatic rings. The highest BCUT2D eigenvalue weighted by Gasteiger charge is 2.40. The van der Waals surface area contributed by atoms with E-state index in [0.717, 1.165) is 28.8 Å². The SMILES string of the molecule is O=C(O)c1ccc(NC(=O)[C@@H](CCO)N2C(=O)/C(=C/c3cc(-c4ccc(F)c(F)c4)cs3)SC2=S)cc1. The van der Waals surface area contributed by atoms with Crippen LogP contribution in [0.1, 0.15) is 21.7 Å². The summed E-state index contributed by atoms with van der Waals surface area (Å²) in [6.45, 7) is -0.380. The third-order valence-electron chi connectivity index (χ3n) is 5.39. The first-order valence-electron chi connectivity index (χ1n) is 10.7. The van der Waals surface area contributed by atoms with E-state index in [2.05, 4.69) is 5.32 Å². The smallest absolute Gasteiger partial charge is 0.335 e. The second-order valence-corrected chi connectivity index (χ2v) is 10.4. The zero-order valence-electron chi connectivity index (χ0n) is 18.8. The van der Waals surface area contributed by atoms with E-state index in [1.54, 1.807) is 17.5 Å². The van der Waals surface area contributed by atoms with E-state index < -0.39 is 35.5 Å². The highest BCUT2D eigenvalue weighted by Crippen LogP contribution is 2.37. The van der Waals surface area contributed by atoms with E-state index in [9.17, 15) is 28.3 Å². The Labute approximate surface area is 223 Å². The summed E-state index contributed by atoms with van der Waals surface area (Å²) in [7, 11) is 0. The summed E-state index contributed by atoms with van der Waals surface area (Å²) in [5, 5.41) is 22.9. The Morgan fingerprint density at radius 3 is 2.46 bits per heavy atom. The number of nitrogens with one attached hydrogen (secondary N) is 1. The normalized spacial score (nSPS) is 15.3. The Bertz CT molecular complexity index is 1420. The molecule has 1 saturated heterocycles. The van der Waals surface area contributed by atoms with Crippen LogP contribution in [0.2, 0.25) is 0 Å². The molecule has 1 aromatic heterocycles. The highest BCUT2D eigenvalue weighted by atomic mass is 32.2. The number of aromatic carboxylic acids is 1. The molecule has 190 valence electrons. The first-order chi connectivity index (χ1) is 17.7. The fraction of sp³-hybridized carbons (Fsp3) is 0.120. The van der Waals surface area contributed by atoms with Crippen molar-refractivity contribution in [3.8, 4) is 11.1 Å². The van der Waals surface area contributed by atoms with Gasteiger partial charge in [0.25, 0.3) is 5.91 Å². The molecule has 2 heterocycles. The van der Waals surface area contributed by atoms with Gasteiger partial charge in [-0.3, -0.25) is 14.5 Å². The number of carboxylic acid groups (broad SMARTS) is 1. The van der Waals surface area contributed by atoms with Crippen LogP contribution in [0.25, 0.3) is 17.2 Å². The van der Waals surface area contributed by atoms with Gasteiger partial charge in [-0.1, -0.05) is 30.0 Å². The topological polar surface area (TPSA) is 107 Å². The number of nitrogens with zero attached hydrogens (tertiary/aromatic N) is 1. The summed E-state index contributed by atoms with van der Waals surface area (Å²) in [6, 6.07) is 9.72. The van der Waals surface area contributed by atoms with Gasteiger partial charge in [0.15, 0.2) is 11.6 Å². The number of anilines is 1. The van der Waals surface area contributed by atoms with Crippen LogP contribution in [0.5, 0.6) is 0 Å². The zero-order chi connectivity index (χ0) is 26.7. The molecule has 7 nitrogen and oxygen atoms in total. The lowest BCUT2D eigenvalue weighted by molar-refractivity contribution is -0.130. The summed E-state index contributed by atoms with van der Waals surface area (Å²) in [5.41, 5.74) is 1.51. The van der Waals surface area contributed by atoms with Crippen LogP contribution < -0.4 is 5.32 Å². The molecule has 1 fully saturated rings. The predicted octanol–water partition coefficient (Wildman–Crippen LogP) is 4.98. The van der Waals surface area contributed by atoms with Crippen LogP contribution in [0.15, 0.2) is 58.8 Å². The van der Waals surface area contributed by atoms with Crippen LogP contribution in [0, 0.1) is 11.6 Å². The summed E-state index contributed by atoms with van der Waals surface area (Å²) in [4.78, 5) is 39.3. The number of aliphatic hydroxyl groups excluding tert-OH is 1. The van der Waals surface area contributed by atoms with Gasteiger partial charge in [-0.05, 0) is 65.0 Å². The van der Waals surface area contributed by atoms with E-state index in [1.807, 2.05) is 0 Å². The maximum absolute atomic E-state index is 13.6. The number of benzene rings is 2.